The van der Waals surface area contributed by atoms with Gasteiger partial charge in [-0.15, -0.1) is 0 Å². The third-order valence-corrected chi connectivity index (χ3v) is 1.62. The van der Waals surface area contributed by atoms with Gasteiger partial charge in [0, 0.05) is 59.1 Å². The van der Waals surface area contributed by atoms with Crippen molar-refractivity contribution in [3.63, 3.8) is 0 Å². The van der Waals surface area contributed by atoms with Crippen molar-refractivity contribution in [2.75, 3.05) is 0 Å². The van der Waals surface area contributed by atoms with Crippen molar-refractivity contribution in [1.29, 1.82) is 0 Å². The van der Waals surface area contributed by atoms with Gasteiger partial charge < -0.3 is 10.2 Å². The number of carbonyl (C=O) groups is 2. The fraction of sp³-hybridized carbons (Fsp3) is 0.250. The van der Waals surface area contributed by atoms with E-state index in [-0.39, 0.29) is 20.4 Å². The van der Waals surface area contributed by atoms with Gasteiger partial charge in [0.05, 0.1) is 0 Å². The molecule has 0 aromatic carbocycles. The number of hydrogen-bond donors (Lipinski definition) is 2. The molecule has 0 fully saturated rings. The molecule has 7 heteroatoms. The Kier molecular flexibility index (Phi) is 20.2. The zero-order valence-corrected chi connectivity index (χ0v) is 15.1. The van der Waals surface area contributed by atoms with Crippen LogP contribution in [0.4, 0.5) is 0 Å². The minimum atomic E-state index is -0.833. The molecule has 0 radical (unpaired) electrons. The third kappa shape index (κ3) is 33.0. The van der Waals surface area contributed by atoms with Gasteiger partial charge in [-0.25, -0.2) is 0 Å². The molecule has 130 valence electrons. The zero-order valence-electron chi connectivity index (χ0n) is 13.5. The Hall–Kier alpha value is -2.10. The first kappa shape index (κ1) is 25.8. The van der Waals surface area contributed by atoms with Crippen molar-refractivity contribution < 1.29 is 40.2 Å². The van der Waals surface area contributed by atoms with Gasteiger partial charge >= 0.3 is 0 Å². The van der Waals surface area contributed by atoms with Crippen molar-refractivity contribution in [3.8, 4) is 0 Å². The van der Waals surface area contributed by atoms with E-state index < -0.39 is 11.9 Å². The second-order valence-electron chi connectivity index (χ2n) is 4.10. The summed E-state index contributed by atoms with van der Waals surface area (Å²) in [4.78, 5) is 25.8. The molecule has 6 nitrogen and oxygen atoms in total. The van der Waals surface area contributed by atoms with Crippen LogP contribution in [0.1, 0.15) is 25.0 Å². The molecular formula is C16H22N2O4Pd. The molecule has 2 heterocycles. The third-order valence-electron chi connectivity index (χ3n) is 1.62. The summed E-state index contributed by atoms with van der Waals surface area (Å²) in [5.74, 6) is -1.67. The van der Waals surface area contributed by atoms with Gasteiger partial charge in [0.2, 0.25) is 0 Å². The van der Waals surface area contributed by atoms with Gasteiger partial charge in [-0.1, -0.05) is 12.1 Å². The van der Waals surface area contributed by atoms with Gasteiger partial charge in [-0.05, 0) is 37.1 Å². The van der Waals surface area contributed by atoms with Crippen LogP contribution in [-0.2, 0) is 30.0 Å². The van der Waals surface area contributed by atoms with Crippen LogP contribution in [0.25, 0.3) is 0 Å². The molecule has 2 aromatic heterocycles. The first-order valence-electron chi connectivity index (χ1n) is 6.38. The van der Waals surface area contributed by atoms with E-state index in [2.05, 4.69) is 9.97 Å². The molecule has 0 aliphatic heterocycles. The summed E-state index contributed by atoms with van der Waals surface area (Å²) in [5, 5.41) is 14.8. The number of hydrogen-bond acceptors (Lipinski definition) is 4. The summed E-state index contributed by atoms with van der Waals surface area (Å²) in [5.41, 5.74) is 2.42. The number of aliphatic carboxylic acids is 2. The van der Waals surface area contributed by atoms with Crippen LogP contribution in [0.5, 0.6) is 0 Å². The molecule has 0 saturated heterocycles. The van der Waals surface area contributed by atoms with E-state index in [1.54, 1.807) is 12.4 Å². The number of carboxylic acid groups (broad SMARTS) is 2. The Morgan fingerprint density at radius 2 is 1.09 bits per heavy atom. The molecule has 0 aliphatic rings. The van der Waals surface area contributed by atoms with E-state index in [1.165, 1.54) is 11.1 Å². The van der Waals surface area contributed by atoms with E-state index >= 15 is 0 Å². The van der Waals surface area contributed by atoms with E-state index in [4.69, 9.17) is 19.8 Å². The molecule has 0 unspecified atom stereocenters. The van der Waals surface area contributed by atoms with Crippen molar-refractivity contribution in [1.82, 2.24) is 9.97 Å². The minimum Gasteiger partial charge on any atom is -0.481 e. The second kappa shape index (κ2) is 18.0. The van der Waals surface area contributed by atoms with Gasteiger partial charge in [0.1, 0.15) is 0 Å². The number of carboxylic acids is 2. The summed E-state index contributed by atoms with van der Waals surface area (Å²) in [6.07, 6.45) is 7.21. The number of rotatable bonds is 0. The number of aromatic nitrogens is 2. The second-order valence-corrected chi connectivity index (χ2v) is 4.10. The van der Waals surface area contributed by atoms with Crippen LogP contribution in [-0.4, -0.2) is 32.1 Å². The maximum Gasteiger partial charge on any atom is 0.300 e. The largest absolute Gasteiger partial charge is 0.481 e. The van der Waals surface area contributed by atoms with E-state index in [0.29, 0.717) is 0 Å². The predicted octanol–water partition coefficient (Wildman–Crippen LogP) is 2.96. The van der Waals surface area contributed by atoms with Crippen molar-refractivity contribution in [2.45, 2.75) is 27.7 Å². The normalized spacial score (nSPS) is 7.48. The standard InChI is InChI=1S/2C6H7N.2C2H4O2.Pd/c2*1-6-3-2-4-7-5-6;2*1-2(3)4;/h2*2-5H,1H3;2*1H3,(H,3,4);. The zero-order chi connectivity index (χ0) is 17.4. The van der Waals surface area contributed by atoms with Gasteiger partial charge in [0.25, 0.3) is 11.9 Å². The predicted molar refractivity (Wildman–Crippen MR) is 84.6 cm³/mol. The molecule has 0 spiro atoms. The summed E-state index contributed by atoms with van der Waals surface area (Å²) < 4.78 is 0. The van der Waals surface area contributed by atoms with Gasteiger partial charge in [-0.2, -0.15) is 0 Å². The molecule has 0 bridgehead atoms. The Labute approximate surface area is 150 Å². The summed E-state index contributed by atoms with van der Waals surface area (Å²) in [6, 6.07) is 7.89. The van der Waals surface area contributed by atoms with E-state index in [9.17, 15) is 0 Å². The first-order valence-corrected chi connectivity index (χ1v) is 6.38. The molecule has 0 aliphatic carbocycles. The fourth-order valence-corrected chi connectivity index (χ4v) is 0.896. The number of nitrogens with zero attached hydrogens (tertiary/aromatic N) is 2. The van der Waals surface area contributed by atoms with E-state index in [0.717, 1.165) is 13.8 Å². The van der Waals surface area contributed by atoms with Crippen molar-refractivity contribution in [3.05, 3.63) is 60.2 Å². The van der Waals surface area contributed by atoms with Crippen LogP contribution in [0, 0.1) is 13.8 Å². The molecule has 0 amide bonds. The Bertz CT molecular complexity index is 465. The molecule has 0 saturated carbocycles. The molecular weight excluding hydrogens is 391 g/mol. The Morgan fingerprint density at radius 1 is 0.826 bits per heavy atom. The fourth-order valence-electron chi connectivity index (χ4n) is 0.896. The smallest absolute Gasteiger partial charge is 0.300 e. The van der Waals surface area contributed by atoms with Crippen LogP contribution < -0.4 is 0 Å². The summed E-state index contributed by atoms with van der Waals surface area (Å²) >= 11 is 0. The number of aryl methyl sites for hydroxylation is 2. The maximum atomic E-state index is 9.00. The van der Waals surface area contributed by atoms with Crippen molar-refractivity contribution >= 4 is 11.9 Å². The molecule has 2 aromatic rings. The van der Waals surface area contributed by atoms with Crippen LogP contribution >= 0.6 is 0 Å². The quantitative estimate of drug-likeness (QED) is 0.645. The summed E-state index contributed by atoms with van der Waals surface area (Å²) in [7, 11) is 0. The molecule has 23 heavy (non-hydrogen) atoms. The van der Waals surface area contributed by atoms with Crippen LogP contribution in [0.15, 0.2) is 49.1 Å². The summed E-state index contributed by atoms with van der Waals surface area (Å²) in [6.45, 7) is 6.21. The molecule has 0 atom stereocenters. The average molecular weight is 413 g/mol. The average Bonchev–Trinajstić information content (AvgIpc) is 2.40. The van der Waals surface area contributed by atoms with Crippen LogP contribution in [0.3, 0.4) is 0 Å². The van der Waals surface area contributed by atoms with E-state index in [1.807, 2.05) is 50.5 Å². The minimum absolute atomic E-state index is 0. The topological polar surface area (TPSA) is 100 Å². The number of pyridine rings is 2. The first-order chi connectivity index (χ1) is 10.3. The SMILES string of the molecule is CC(=O)O.CC(=O)O.Cc1cccnc1.Cc1cccnc1.[Pd]. The monoisotopic (exact) mass is 412 g/mol. The van der Waals surface area contributed by atoms with Gasteiger partial charge in [0.15, 0.2) is 0 Å². The molecule has 2 N–H and O–H groups in total. The van der Waals surface area contributed by atoms with Crippen LogP contribution in [0.2, 0.25) is 0 Å². The molecule has 2 rings (SSSR count). The van der Waals surface area contributed by atoms with Crippen molar-refractivity contribution in [2.24, 2.45) is 0 Å². The van der Waals surface area contributed by atoms with Gasteiger partial charge in [-0.3, -0.25) is 19.6 Å². The Morgan fingerprint density at radius 3 is 1.17 bits per heavy atom. The Balaban J connectivity index is -0.000000238. The maximum absolute atomic E-state index is 9.00.